The molecule has 1 heterocycles. The minimum absolute atomic E-state index is 0.0766. The first-order valence-corrected chi connectivity index (χ1v) is 12.8. The highest BCUT2D eigenvalue weighted by Gasteiger charge is 2.28. The Morgan fingerprint density at radius 1 is 0.892 bits per heavy atom. The smallest absolute Gasteiger partial charge is 0.188 e. The molecule has 0 unspecified atom stereocenters. The van der Waals surface area contributed by atoms with E-state index in [9.17, 15) is 18.4 Å². The van der Waals surface area contributed by atoms with Gasteiger partial charge in [0.25, 0.3) is 0 Å². The van der Waals surface area contributed by atoms with Crippen molar-refractivity contribution in [1.29, 1.82) is 0 Å². The molecule has 0 N–H and O–H groups in total. The van der Waals surface area contributed by atoms with Crippen LogP contribution in [0.2, 0.25) is 0 Å². The van der Waals surface area contributed by atoms with Crippen molar-refractivity contribution in [2.45, 2.75) is 0 Å². The van der Waals surface area contributed by atoms with Crippen molar-refractivity contribution in [1.82, 2.24) is 4.90 Å². The summed E-state index contributed by atoms with van der Waals surface area (Å²) in [6.45, 7) is 0.499. The normalized spacial score (nSPS) is 15.8. The second kappa shape index (κ2) is 12.1. The van der Waals surface area contributed by atoms with E-state index in [1.54, 1.807) is 67.8 Å². The molecule has 188 valence electrons. The minimum atomic E-state index is -0.366. The first-order chi connectivity index (χ1) is 17.8. The Morgan fingerprint density at radius 3 is 1.84 bits per heavy atom. The molecule has 0 amide bonds. The van der Waals surface area contributed by atoms with E-state index < -0.39 is 0 Å². The number of hydrogen-bond acceptors (Lipinski definition) is 5. The zero-order chi connectivity index (χ0) is 26.4. The summed E-state index contributed by atoms with van der Waals surface area (Å²) in [5.41, 5.74) is 2.88. The van der Waals surface area contributed by atoms with Gasteiger partial charge < -0.3 is 9.64 Å². The van der Waals surface area contributed by atoms with Gasteiger partial charge in [-0.15, -0.1) is 0 Å². The first-order valence-electron chi connectivity index (χ1n) is 11.4. The van der Waals surface area contributed by atoms with Gasteiger partial charge in [0, 0.05) is 29.8 Å². The van der Waals surface area contributed by atoms with Crippen molar-refractivity contribution in [2.75, 3.05) is 26.0 Å². The van der Waals surface area contributed by atoms with Gasteiger partial charge in [-0.3, -0.25) is 9.59 Å². The molecule has 1 fully saturated rings. The molecule has 0 radical (unpaired) electrons. The number of thiocarbonyl (C=S) groups is 1. The summed E-state index contributed by atoms with van der Waals surface area (Å²) in [5.74, 6) is -0.161. The van der Waals surface area contributed by atoms with Gasteiger partial charge in [-0.05, 0) is 71.8 Å². The maximum Gasteiger partial charge on any atom is 0.188 e. The van der Waals surface area contributed by atoms with E-state index in [-0.39, 0.29) is 42.0 Å². The van der Waals surface area contributed by atoms with Gasteiger partial charge in [-0.25, -0.2) is 8.78 Å². The molecule has 3 aromatic carbocycles. The lowest BCUT2D eigenvalue weighted by Crippen LogP contribution is -2.40. The van der Waals surface area contributed by atoms with Crippen molar-refractivity contribution >= 4 is 52.0 Å². The Labute approximate surface area is 223 Å². The number of piperidine rings is 1. The average molecular weight is 536 g/mol. The molecule has 4 nitrogen and oxygen atoms in total. The van der Waals surface area contributed by atoms with Crippen molar-refractivity contribution in [3.63, 3.8) is 0 Å². The van der Waals surface area contributed by atoms with Crippen LogP contribution in [0.15, 0.2) is 83.9 Å². The van der Waals surface area contributed by atoms with Crippen LogP contribution in [0.5, 0.6) is 5.75 Å². The van der Waals surface area contributed by atoms with E-state index in [1.165, 1.54) is 36.0 Å². The average Bonchev–Trinajstić information content (AvgIpc) is 2.91. The molecule has 1 saturated heterocycles. The number of methoxy groups -OCH3 is 1. The number of nitrogens with zero attached hydrogens (tertiary/aromatic N) is 1. The van der Waals surface area contributed by atoms with Crippen LogP contribution in [0.1, 0.15) is 21.5 Å². The van der Waals surface area contributed by atoms with Gasteiger partial charge in [0.15, 0.2) is 11.6 Å². The largest absolute Gasteiger partial charge is 0.497 e. The van der Waals surface area contributed by atoms with Gasteiger partial charge in [-0.2, -0.15) is 0 Å². The van der Waals surface area contributed by atoms with Crippen LogP contribution in [0.4, 0.5) is 8.78 Å². The quantitative estimate of drug-likeness (QED) is 0.212. The highest BCUT2D eigenvalue weighted by Crippen LogP contribution is 2.26. The fraction of sp³-hybridized carbons (Fsp3) is 0.138. The summed E-state index contributed by atoms with van der Waals surface area (Å²) in [4.78, 5) is 27.8. The van der Waals surface area contributed by atoms with Crippen LogP contribution in [-0.2, 0) is 4.79 Å². The zero-order valence-corrected chi connectivity index (χ0v) is 21.6. The predicted molar refractivity (Wildman–Crippen MR) is 148 cm³/mol. The first kappa shape index (κ1) is 26.4. The molecule has 1 aliphatic rings. The van der Waals surface area contributed by atoms with Gasteiger partial charge in [0.05, 0.1) is 12.9 Å². The Balaban J connectivity index is 1.54. The second-order valence-corrected chi connectivity index (χ2v) is 9.94. The number of benzene rings is 3. The second-order valence-electron chi connectivity index (χ2n) is 8.33. The van der Waals surface area contributed by atoms with E-state index in [0.717, 1.165) is 0 Å². The van der Waals surface area contributed by atoms with E-state index in [4.69, 9.17) is 17.0 Å². The lowest BCUT2D eigenvalue weighted by Gasteiger charge is -2.31. The lowest BCUT2D eigenvalue weighted by atomic mass is 9.94. The van der Waals surface area contributed by atoms with Crippen LogP contribution >= 0.6 is 24.0 Å². The number of ether oxygens (including phenoxy) is 1. The molecule has 0 aliphatic carbocycles. The Hall–Kier alpha value is -3.62. The molecule has 4 rings (SSSR count). The monoisotopic (exact) mass is 535 g/mol. The molecule has 8 heteroatoms. The number of hydrogen-bond donors (Lipinski definition) is 0. The summed E-state index contributed by atoms with van der Waals surface area (Å²) in [5, 5.41) is 0. The number of halogens is 2. The van der Waals surface area contributed by atoms with E-state index in [2.05, 4.69) is 0 Å². The Morgan fingerprint density at radius 2 is 1.38 bits per heavy atom. The predicted octanol–water partition coefficient (Wildman–Crippen LogP) is 6.23. The number of Topliss-reactive ketones (excluding diaryl/α,β-unsaturated/α-hetero) is 2. The molecule has 3 aromatic rings. The minimum Gasteiger partial charge on any atom is -0.497 e. The van der Waals surface area contributed by atoms with Crippen molar-refractivity contribution in [2.24, 2.45) is 0 Å². The van der Waals surface area contributed by atoms with Crippen LogP contribution in [-0.4, -0.2) is 46.7 Å². The lowest BCUT2D eigenvalue weighted by molar-refractivity contribution is -0.113. The molecule has 1 aliphatic heterocycles. The van der Waals surface area contributed by atoms with E-state index in [1.807, 2.05) is 4.90 Å². The van der Waals surface area contributed by atoms with E-state index in [0.29, 0.717) is 37.9 Å². The third-order valence-corrected chi connectivity index (χ3v) is 7.25. The van der Waals surface area contributed by atoms with Crippen LogP contribution in [0, 0.1) is 11.6 Å². The SMILES string of the molecule is COc1ccc(C(=O)CSC(=S)N2C/C(=C\c3ccc(F)cc3)C(=O)/C(=C/c3ccc(F)cc3)C2)cc1. The van der Waals surface area contributed by atoms with Gasteiger partial charge in [0.1, 0.15) is 21.7 Å². The molecular weight excluding hydrogens is 512 g/mol. The summed E-state index contributed by atoms with van der Waals surface area (Å²) in [7, 11) is 1.56. The Bertz CT molecular complexity index is 1300. The summed E-state index contributed by atoms with van der Waals surface area (Å²) < 4.78 is 32.3. The standard InChI is InChI=1S/C29H23F2NO3S2/c1-35-26-12-6-21(7-13-26)27(33)18-37-29(36)32-16-22(14-19-2-8-24(30)9-3-19)28(34)23(17-32)15-20-4-10-25(31)11-5-20/h2-15H,16-18H2,1H3/b22-14+,23-15+. The molecule has 37 heavy (non-hydrogen) atoms. The van der Waals surface area contributed by atoms with Crippen LogP contribution < -0.4 is 4.74 Å². The van der Waals surface area contributed by atoms with Crippen molar-refractivity contribution in [3.05, 3.63) is 112 Å². The number of rotatable bonds is 6. The molecule has 0 spiro atoms. The Kier molecular flexibility index (Phi) is 8.63. The van der Waals surface area contributed by atoms with Gasteiger partial charge >= 0.3 is 0 Å². The van der Waals surface area contributed by atoms with E-state index >= 15 is 0 Å². The fourth-order valence-electron chi connectivity index (χ4n) is 3.77. The molecule has 0 bridgehead atoms. The third-order valence-electron chi connectivity index (χ3n) is 5.72. The molecule has 0 atom stereocenters. The molecule has 0 aromatic heterocycles. The number of likely N-dealkylation sites (tertiary alicyclic amines) is 1. The summed E-state index contributed by atoms with van der Waals surface area (Å²) >= 11 is 6.87. The topological polar surface area (TPSA) is 46.6 Å². The third kappa shape index (κ3) is 6.99. The maximum atomic E-state index is 13.4. The summed E-state index contributed by atoms with van der Waals surface area (Å²) in [6, 6.07) is 18.6. The summed E-state index contributed by atoms with van der Waals surface area (Å²) in [6.07, 6.45) is 3.42. The zero-order valence-electron chi connectivity index (χ0n) is 19.9. The number of thioether (sulfide) groups is 1. The van der Waals surface area contributed by atoms with Crippen LogP contribution in [0.25, 0.3) is 12.2 Å². The fourth-order valence-corrected chi connectivity index (χ4v) is 4.81. The number of carbonyl (C=O) groups is 2. The van der Waals surface area contributed by atoms with Gasteiger partial charge in [-0.1, -0.05) is 48.2 Å². The van der Waals surface area contributed by atoms with Crippen LogP contribution in [0.3, 0.4) is 0 Å². The number of carbonyl (C=O) groups excluding carboxylic acids is 2. The van der Waals surface area contributed by atoms with Gasteiger partial charge in [0.2, 0.25) is 0 Å². The highest BCUT2D eigenvalue weighted by atomic mass is 32.2. The maximum absolute atomic E-state index is 13.4. The van der Waals surface area contributed by atoms with Crippen molar-refractivity contribution in [3.8, 4) is 5.75 Å². The van der Waals surface area contributed by atoms with Crippen molar-refractivity contribution < 1.29 is 23.1 Å². The highest BCUT2D eigenvalue weighted by molar-refractivity contribution is 8.23. The molecule has 0 saturated carbocycles. The number of ketones is 2. The molecular formula is C29H23F2NO3S2.